The summed E-state index contributed by atoms with van der Waals surface area (Å²) in [6, 6.07) is 19.2. The molecular weight excluding hydrogens is 432 g/mol. The molecule has 166 valence electrons. The van der Waals surface area contributed by atoms with Gasteiger partial charge in [-0.05, 0) is 36.8 Å². The normalized spacial score (nSPS) is 10.8. The molecule has 3 aromatic rings. The van der Waals surface area contributed by atoms with Crippen molar-refractivity contribution in [3.8, 4) is 5.75 Å². The van der Waals surface area contributed by atoms with E-state index in [4.69, 9.17) is 8.92 Å². The van der Waals surface area contributed by atoms with Crippen LogP contribution in [0.3, 0.4) is 0 Å². The molecule has 3 aromatic carbocycles. The van der Waals surface area contributed by atoms with E-state index in [0.717, 1.165) is 5.56 Å². The van der Waals surface area contributed by atoms with Crippen LogP contribution in [0, 0.1) is 6.92 Å². The minimum Gasteiger partial charge on any atom is -0.465 e. The van der Waals surface area contributed by atoms with Gasteiger partial charge >= 0.3 is 22.1 Å². The highest BCUT2D eigenvalue weighted by molar-refractivity contribution is 7.86. The first kappa shape index (κ1) is 22.8. The average Bonchev–Trinajstić information content (AvgIpc) is 2.75. The van der Waals surface area contributed by atoms with Crippen molar-refractivity contribution in [1.29, 1.82) is 0 Å². The van der Waals surface area contributed by atoms with Crippen LogP contribution in [0.4, 0.5) is 16.2 Å². The molecule has 0 aliphatic heterocycles. The van der Waals surface area contributed by atoms with Crippen LogP contribution in [-0.4, -0.2) is 27.5 Å². The summed E-state index contributed by atoms with van der Waals surface area (Å²) < 4.78 is 35.2. The summed E-state index contributed by atoms with van der Waals surface area (Å²) in [5, 5.41) is 5.22. The van der Waals surface area contributed by atoms with E-state index in [0.29, 0.717) is 11.3 Å². The minimum atomic E-state index is -4.09. The second kappa shape index (κ2) is 9.97. The molecule has 0 aliphatic rings. The van der Waals surface area contributed by atoms with Crippen molar-refractivity contribution in [2.45, 2.75) is 12.7 Å². The molecule has 8 nitrogen and oxygen atoms in total. The summed E-state index contributed by atoms with van der Waals surface area (Å²) in [5.74, 6) is -1.41. The Hall–Kier alpha value is -3.85. The van der Waals surface area contributed by atoms with Gasteiger partial charge in [-0.25, -0.2) is 9.59 Å². The number of aryl methyl sites for hydroxylation is 1. The molecular formula is C23H22N2O6S. The molecule has 0 spiro atoms. The number of benzene rings is 3. The molecule has 2 amide bonds. The van der Waals surface area contributed by atoms with Crippen LogP contribution < -0.4 is 14.8 Å². The summed E-state index contributed by atoms with van der Waals surface area (Å²) in [6.07, 6.45) is 0. The van der Waals surface area contributed by atoms with Gasteiger partial charge in [0.1, 0.15) is 11.3 Å². The fraction of sp³-hybridized carbons (Fsp3) is 0.130. The number of rotatable bonds is 7. The molecule has 0 saturated carbocycles. The number of anilines is 2. The van der Waals surface area contributed by atoms with E-state index in [-0.39, 0.29) is 22.8 Å². The molecule has 0 radical (unpaired) electrons. The number of esters is 1. The standard InChI is InChI=1S/C23H22N2O6S/c1-16-8-10-17(11-9-16)15-32(28,29)31-21-14-19(12-13-20(21)22(26)30-2)25-23(27)24-18-6-4-3-5-7-18/h3-14H,15H2,1-2H3,(H2,24,25,27). The van der Waals surface area contributed by atoms with Crippen LogP contribution >= 0.6 is 0 Å². The molecule has 0 aliphatic carbocycles. The van der Waals surface area contributed by atoms with Gasteiger partial charge in [-0.2, -0.15) is 8.42 Å². The fourth-order valence-corrected chi connectivity index (χ4v) is 3.89. The number of methoxy groups -OCH3 is 1. The number of carbonyl (C=O) groups excluding carboxylic acids is 2. The molecule has 32 heavy (non-hydrogen) atoms. The van der Waals surface area contributed by atoms with Gasteiger partial charge < -0.3 is 19.6 Å². The van der Waals surface area contributed by atoms with Crippen molar-refractivity contribution < 1.29 is 26.9 Å². The second-order valence-electron chi connectivity index (χ2n) is 6.92. The van der Waals surface area contributed by atoms with Gasteiger partial charge in [0.15, 0.2) is 5.75 Å². The maximum Gasteiger partial charge on any atom is 0.341 e. The number of hydrogen-bond donors (Lipinski definition) is 2. The third-order valence-electron chi connectivity index (χ3n) is 4.36. The third-order valence-corrected chi connectivity index (χ3v) is 5.48. The predicted molar refractivity (Wildman–Crippen MR) is 121 cm³/mol. The topological polar surface area (TPSA) is 111 Å². The van der Waals surface area contributed by atoms with Crippen LogP contribution in [0.1, 0.15) is 21.5 Å². The highest BCUT2D eigenvalue weighted by Gasteiger charge is 2.21. The number of ether oxygens (including phenoxy) is 1. The maximum atomic E-state index is 12.6. The molecule has 0 unspecified atom stereocenters. The van der Waals surface area contributed by atoms with Gasteiger partial charge in [0.25, 0.3) is 0 Å². The number of carbonyl (C=O) groups is 2. The molecule has 0 heterocycles. The lowest BCUT2D eigenvalue weighted by Gasteiger charge is -2.13. The van der Waals surface area contributed by atoms with Crippen molar-refractivity contribution in [2.75, 3.05) is 17.7 Å². The number of amides is 2. The molecule has 0 aromatic heterocycles. The molecule has 0 bridgehead atoms. The smallest absolute Gasteiger partial charge is 0.341 e. The Morgan fingerprint density at radius 2 is 1.53 bits per heavy atom. The van der Waals surface area contributed by atoms with Crippen molar-refractivity contribution in [3.05, 3.63) is 89.5 Å². The summed E-state index contributed by atoms with van der Waals surface area (Å²) in [6.45, 7) is 1.89. The lowest BCUT2D eigenvalue weighted by atomic mass is 10.2. The van der Waals surface area contributed by atoms with E-state index in [2.05, 4.69) is 10.6 Å². The van der Waals surface area contributed by atoms with E-state index in [1.807, 2.05) is 13.0 Å². The highest BCUT2D eigenvalue weighted by atomic mass is 32.2. The molecule has 0 atom stereocenters. The fourth-order valence-electron chi connectivity index (χ4n) is 2.82. The first-order valence-corrected chi connectivity index (χ1v) is 11.2. The zero-order chi connectivity index (χ0) is 23.1. The summed E-state index contributed by atoms with van der Waals surface area (Å²) in [7, 11) is -2.92. The van der Waals surface area contributed by atoms with Crippen LogP contribution in [0.25, 0.3) is 0 Å². The minimum absolute atomic E-state index is 0.0889. The van der Waals surface area contributed by atoms with E-state index < -0.39 is 22.1 Å². The monoisotopic (exact) mass is 454 g/mol. The highest BCUT2D eigenvalue weighted by Crippen LogP contribution is 2.27. The molecule has 2 N–H and O–H groups in total. The quantitative estimate of drug-likeness (QED) is 0.406. The van der Waals surface area contributed by atoms with Crippen molar-refractivity contribution in [3.63, 3.8) is 0 Å². The Balaban J connectivity index is 1.81. The summed E-state index contributed by atoms with van der Waals surface area (Å²) >= 11 is 0. The Bertz CT molecular complexity index is 1210. The summed E-state index contributed by atoms with van der Waals surface area (Å²) in [5.41, 5.74) is 2.24. The van der Waals surface area contributed by atoms with Gasteiger partial charge in [0.05, 0.1) is 7.11 Å². The number of para-hydroxylation sites is 1. The molecule has 3 rings (SSSR count). The van der Waals surface area contributed by atoms with Gasteiger partial charge in [0.2, 0.25) is 0 Å². The predicted octanol–water partition coefficient (Wildman–Crippen LogP) is 4.33. The second-order valence-corrected chi connectivity index (χ2v) is 8.49. The Labute approximate surface area is 186 Å². The zero-order valence-electron chi connectivity index (χ0n) is 17.5. The molecule has 9 heteroatoms. The van der Waals surface area contributed by atoms with E-state index >= 15 is 0 Å². The lowest BCUT2D eigenvalue weighted by molar-refractivity contribution is 0.0599. The van der Waals surface area contributed by atoms with Gasteiger partial charge in [-0.15, -0.1) is 0 Å². The summed E-state index contributed by atoms with van der Waals surface area (Å²) in [4.78, 5) is 24.3. The van der Waals surface area contributed by atoms with Crippen LogP contribution in [-0.2, 0) is 20.6 Å². The number of urea groups is 1. The van der Waals surface area contributed by atoms with Gasteiger partial charge in [-0.3, -0.25) is 0 Å². The van der Waals surface area contributed by atoms with Crippen molar-refractivity contribution in [1.82, 2.24) is 0 Å². The number of nitrogens with one attached hydrogen (secondary N) is 2. The maximum absolute atomic E-state index is 12.6. The van der Waals surface area contributed by atoms with E-state index in [1.165, 1.54) is 25.3 Å². The lowest BCUT2D eigenvalue weighted by Crippen LogP contribution is -2.20. The van der Waals surface area contributed by atoms with Crippen molar-refractivity contribution in [2.24, 2.45) is 0 Å². The first-order chi connectivity index (χ1) is 15.3. The van der Waals surface area contributed by atoms with E-state index in [1.54, 1.807) is 48.5 Å². The van der Waals surface area contributed by atoms with Crippen LogP contribution in [0.15, 0.2) is 72.8 Å². The van der Waals surface area contributed by atoms with Gasteiger partial charge in [0, 0.05) is 17.4 Å². The third kappa shape index (κ3) is 6.32. The van der Waals surface area contributed by atoms with Crippen molar-refractivity contribution >= 4 is 33.5 Å². The zero-order valence-corrected chi connectivity index (χ0v) is 18.3. The van der Waals surface area contributed by atoms with Crippen LogP contribution in [0.5, 0.6) is 5.75 Å². The largest absolute Gasteiger partial charge is 0.465 e. The average molecular weight is 455 g/mol. The number of hydrogen-bond acceptors (Lipinski definition) is 6. The molecule has 0 fully saturated rings. The first-order valence-electron chi connectivity index (χ1n) is 9.59. The Kier molecular flexibility index (Phi) is 7.11. The Morgan fingerprint density at radius 3 is 2.19 bits per heavy atom. The van der Waals surface area contributed by atoms with Gasteiger partial charge in [-0.1, -0.05) is 48.0 Å². The van der Waals surface area contributed by atoms with E-state index in [9.17, 15) is 18.0 Å². The Morgan fingerprint density at radius 1 is 0.875 bits per heavy atom. The molecule has 0 saturated heterocycles. The van der Waals surface area contributed by atoms with Crippen LogP contribution in [0.2, 0.25) is 0 Å². The SMILES string of the molecule is COC(=O)c1ccc(NC(=O)Nc2ccccc2)cc1OS(=O)(=O)Cc1ccc(C)cc1.